The van der Waals surface area contributed by atoms with E-state index in [1.165, 1.54) is 36.8 Å². The van der Waals surface area contributed by atoms with Crippen molar-refractivity contribution < 1.29 is 4.74 Å². The Kier molecular flexibility index (Phi) is 3.76. The van der Waals surface area contributed by atoms with Crippen LogP contribution in [0, 0.1) is 12.3 Å². The predicted octanol–water partition coefficient (Wildman–Crippen LogP) is 3.86. The molecule has 0 amide bonds. The molecule has 0 bridgehead atoms. The highest BCUT2D eigenvalue weighted by Gasteiger charge is 2.40. The van der Waals surface area contributed by atoms with Gasteiger partial charge < -0.3 is 10.1 Å². The molecule has 1 fully saturated rings. The third kappa shape index (κ3) is 2.85. The van der Waals surface area contributed by atoms with Crippen LogP contribution >= 0.6 is 0 Å². The average molecular weight is 273 g/mol. The van der Waals surface area contributed by atoms with E-state index in [9.17, 15) is 0 Å². The molecule has 0 aromatic heterocycles. The minimum Gasteiger partial charge on any atom is -0.490 e. The van der Waals surface area contributed by atoms with Crippen molar-refractivity contribution in [2.45, 2.75) is 65.0 Å². The van der Waals surface area contributed by atoms with E-state index in [4.69, 9.17) is 4.74 Å². The number of aryl methyl sites for hydroxylation is 1. The summed E-state index contributed by atoms with van der Waals surface area (Å²) in [5, 5.41) is 3.64. The smallest absolute Gasteiger partial charge is 0.123 e. The van der Waals surface area contributed by atoms with Crippen LogP contribution in [0.3, 0.4) is 0 Å². The van der Waals surface area contributed by atoms with Crippen molar-refractivity contribution in [1.29, 1.82) is 0 Å². The fraction of sp³-hybridized carbons (Fsp3) is 0.667. The van der Waals surface area contributed by atoms with E-state index < -0.39 is 0 Å². The fourth-order valence-corrected chi connectivity index (χ4v) is 3.60. The lowest BCUT2D eigenvalue weighted by Crippen LogP contribution is -2.44. The molecule has 0 radical (unpaired) electrons. The normalized spacial score (nSPS) is 23.3. The van der Waals surface area contributed by atoms with Crippen LogP contribution in [0.1, 0.15) is 50.7 Å². The van der Waals surface area contributed by atoms with Crippen LogP contribution < -0.4 is 10.1 Å². The first-order chi connectivity index (χ1) is 9.56. The lowest BCUT2D eigenvalue weighted by Gasteiger charge is -2.44. The minimum absolute atomic E-state index is 0.390. The SMILES string of the molecule is Cc1ccc2c(c1)CC(CC1(CNC(C)C)CCC1)O2. The lowest BCUT2D eigenvalue weighted by atomic mass is 9.65. The van der Waals surface area contributed by atoms with Gasteiger partial charge in [-0.1, -0.05) is 38.0 Å². The van der Waals surface area contributed by atoms with Gasteiger partial charge in [-0.3, -0.25) is 0 Å². The maximum Gasteiger partial charge on any atom is 0.123 e. The quantitative estimate of drug-likeness (QED) is 0.879. The van der Waals surface area contributed by atoms with Crippen LogP contribution in [0.15, 0.2) is 18.2 Å². The maximum absolute atomic E-state index is 6.17. The number of ether oxygens (including phenoxy) is 1. The van der Waals surface area contributed by atoms with Crippen molar-refractivity contribution in [3.8, 4) is 5.75 Å². The topological polar surface area (TPSA) is 21.3 Å². The third-order valence-electron chi connectivity index (χ3n) is 4.92. The summed E-state index contributed by atoms with van der Waals surface area (Å²) in [5.41, 5.74) is 3.24. The summed E-state index contributed by atoms with van der Waals surface area (Å²) < 4.78 is 6.17. The highest BCUT2D eigenvalue weighted by atomic mass is 16.5. The van der Waals surface area contributed by atoms with Gasteiger partial charge in [-0.05, 0) is 43.2 Å². The van der Waals surface area contributed by atoms with Crippen LogP contribution in [-0.4, -0.2) is 18.7 Å². The highest BCUT2D eigenvalue weighted by molar-refractivity contribution is 5.40. The Morgan fingerprint density at radius 1 is 1.35 bits per heavy atom. The Morgan fingerprint density at radius 3 is 2.80 bits per heavy atom. The predicted molar refractivity (Wildman–Crippen MR) is 83.3 cm³/mol. The molecule has 1 atom stereocenters. The van der Waals surface area contributed by atoms with Crippen molar-refractivity contribution >= 4 is 0 Å². The molecule has 1 aromatic rings. The lowest BCUT2D eigenvalue weighted by molar-refractivity contribution is 0.0590. The standard InChI is InChI=1S/C18H27NO/c1-13(2)19-12-18(7-4-8-18)11-16-10-15-9-14(3)5-6-17(15)20-16/h5-6,9,13,16,19H,4,7-8,10-12H2,1-3H3. The molecule has 0 saturated heterocycles. The maximum atomic E-state index is 6.17. The van der Waals surface area contributed by atoms with Gasteiger partial charge in [0.15, 0.2) is 0 Å². The molecule has 1 saturated carbocycles. The largest absolute Gasteiger partial charge is 0.490 e. The monoisotopic (exact) mass is 273 g/mol. The van der Waals surface area contributed by atoms with Crippen molar-refractivity contribution in [1.82, 2.24) is 5.32 Å². The van der Waals surface area contributed by atoms with E-state index in [2.05, 4.69) is 44.3 Å². The number of benzene rings is 1. The molecule has 0 spiro atoms. The molecule has 1 aliphatic heterocycles. The number of rotatable bonds is 5. The van der Waals surface area contributed by atoms with Crippen molar-refractivity contribution in [2.75, 3.05) is 6.54 Å². The summed E-state index contributed by atoms with van der Waals surface area (Å²) in [6.45, 7) is 7.78. The molecule has 3 rings (SSSR count). The van der Waals surface area contributed by atoms with Gasteiger partial charge in [-0.25, -0.2) is 0 Å². The Labute approximate surface area is 122 Å². The number of nitrogens with one attached hydrogen (secondary N) is 1. The van der Waals surface area contributed by atoms with E-state index in [1.54, 1.807) is 0 Å². The van der Waals surface area contributed by atoms with Crippen LogP contribution in [0.4, 0.5) is 0 Å². The Morgan fingerprint density at radius 2 is 2.15 bits per heavy atom. The molecular formula is C18H27NO. The van der Waals surface area contributed by atoms with E-state index in [1.807, 2.05) is 0 Å². The second kappa shape index (κ2) is 5.40. The molecule has 1 aliphatic carbocycles. The van der Waals surface area contributed by atoms with Crippen LogP contribution in [0.5, 0.6) is 5.75 Å². The van der Waals surface area contributed by atoms with E-state index in [-0.39, 0.29) is 0 Å². The van der Waals surface area contributed by atoms with Gasteiger partial charge in [0, 0.05) is 19.0 Å². The van der Waals surface area contributed by atoms with E-state index in [0.29, 0.717) is 17.6 Å². The zero-order valence-electron chi connectivity index (χ0n) is 13.0. The molecule has 2 nitrogen and oxygen atoms in total. The summed E-state index contributed by atoms with van der Waals surface area (Å²) in [6, 6.07) is 7.16. The zero-order chi connectivity index (χ0) is 14.2. The zero-order valence-corrected chi connectivity index (χ0v) is 13.0. The van der Waals surface area contributed by atoms with Gasteiger partial charge in [0.1, 0.15) is 11.9 Å². The highest BCUT2D eigenvalue weighted by Crippen LogP contribution is 2.46. The summed E-state index contributed by atoms with van der Waals surface area (Å²) in [7, 11) is 0. The molecule has 20 heavy (non-hydrogen) atoms. The molecule has 110 valence electrons. The molecular weight excluding hydrogens is 246 g/mol. The second-order valence-corrected chi connectivity index (χ2v) is 7.15. The number of hydrogen-bond donors (Lipinski definition) is 1. The molecule has 1 unspecified atom stereocenters. The molecule has 2 aliphatic rings. The summed E-state index contributed by atoms with van der Waals surface area (Å²) in [4.78, 5) is 0. The first kappa shape index (κ1) is 13.9. The molecule has 2 heteroatoms. The summed E-state index contributed by atoms with van der Waals surface area (Å²) in [5.74, 6) is 1.12. The van der Waals surface area contributed by atoms with E-state index >= 15 is 0 Å². The first-order valence-electron chi connectivity index (χ1n) is 8.06. The Hall–Kier alpha value is -1.02. The van der Waals surface area contributed by atoms with Crippen LogP contribution in [0.2, 0.25) is 0 Å². The Balaban J connectivity index is 1.61. The number of fused-ring (bicyclic) bond motifs is 1. The van der Waals surface area contributed by atoms with Crippen LogP contribution in [-0.2, 0) is 6.42 Å². The number of hydrogen-bond acceptors (Lipinski definition) is 2. The van der Waals surface area contributed by atoms with Gasteiger partial charge in [0.2, 0.25) is 0 Å². The van der Waals surface area contributed by atoms with Gasteiger partial charge >= 0.3 is 0 Å². The summed E-state index contributed by atoms with van der Waals surface area (Å²) in [6.07, 6.45) is 6.81. The van der Waals surface area contributed by atoms with Crippen molar-refractivity contribution in [2.24, 2.45) is 5.41 Å². The van der Waals surface area contributed by atoms with Crippen molar-refractivity contribution in [3.05, 3.63) is 29.3 Å². The van der Waals surface area contributed by atoms with Crippen molar-refractivity contribution in [3.63, 3.8) is 0 Å². The molecule has 1 N–H and O–H groups in total. The fourth-order valence-electron chi connectivity index (χ4n) is 3.60. The van der Waals surface area contributed by atoms with Gasteiger partial charge in [-0.2, -0.15) is 0 Å². The summed E-state index contributed by atoms with van der Waals surface area (Å²) >= 11 is 0. The van der Waals surface area contributed by atoms with Crippen LogP contribution in [0.25, 0.3) is 0 Å². The Bertz CT molecular complexity index is 476. The molecule has 1 heterocycles. The molecule has 1 aromatic carbocycles. The average Bonchev–Trinajstić information content (AvgIpc) is 2.73. The van der Waals surface area contributed by atoms with Gasteiger partial charge in [0.25, 0.3) is 0 Å². The first-order valence-corrected chi connectivity index (χ1v) is 8.06. The minimum atomic E-state index is 0.390. The second-order valence-electron chi connectivity index (χ2n) is 7.15. The van der Waals surface area contributed by atoms with Gasteiger partial charge in [0.05, 0.1) is 0 Å². The van der Waals surface area contributed by atoms with E-state index in [0.717, 1.165) is 18.7 Å². The third-order valence-corrected chi connectivity index (χ3v) is 4.92. The van der Waals surface area contributed by atoms with Gasteiger partial charge in [-0.15, -0.1) is 0 Å².